The average Bonchev–Trinajstić information content (AvgIpc) is 3.13. The second kappa shape index (κ2) is 7.24. The van der Waals surface area contributed by atoms with E-state index in [0.717, 1.165) is 22.6 Å². The Morgan fingerprint density at radius 2 is 1.38 bits per heavy atom. The maximum Gasteiger partial charge on any atom is 0.0862 e. The van der Waals surface area contributed by atoms with E-state index in [2.05, 4.69) is 85.8 Å². The minimum Gasteiger partial charge on any atom is -0.233 e. The zero-order valence-corrected chi connectivity index (χ0v) is 14.7. The number of rotatable bonds is 4. The van der Waals surface area contributed by atoms with E-state index in [-0.39, 0.29) is 0 Å². The topological polar surface area (TPSA) is 17.8 Å². The van der Waals surface area contributed by atoms with Gasteiger partial charge < -0.3 is 0 Å². The highest BCUT2D eigenvalue weighted by Gasteiger charge is 2.10. The van der Waals surface area contributed by atoms with Gasteiger partial charge in [-0.05, 0) is 36.8 Å². The monoisotopic (exact) mass is 336 g/mol. The summed E-state index contributed by atoms with van der Waals surface area (Å²) in [6, 6.07) is 31.3. The molecule has 0 saturated heterocycles. The van der Waals surface area contributed by atoms with E-state index < -0.39 is 0 Å². The van der Waals surface area contributed by atoms with Crippen molar-refractivity contribution in [1.82, 2.24) is 9.78 Å². The molecule has 0 aliphatic heterocycles. The van der Waals surface area contributed by atoms with E-state index in [1.54, 1.807) is 0 Å². The molecule has 2 nitrogen and oxygen atoms in total. The van der Waals surface area contributed by atoms with Gasteiger partial charge in [-0.3, -0.25) is 0 Å². The highest BCUT2D eigenvalue weighted by molar-refractivity contribution is 5.72. The van der Waals surface area contributed by atoms with Crippen molar-refractivity contribution in [2.45, 2.75) is 6.92 Å². The quantitative estimate of drug-likeness (QED) is 0.446. The van der Waals surface area contributed by atoms with Crippen LogP contribution in [0.15, 0.2) is 91.0 Å². The Morgan fingerprint density at radius 1 is 0.731 bits per heavy atom. The summed E-state index contributed by atoms with van der Waals surface area (Å²) in [5.41, 5.74) is 6.65. The van der Waals surface area contributed by atoms with Gasteiger partial charge in [0.1, 0.15) is 0 Å². The van der Waals surface area contributed by atoms with Crippen molar-refractivity contribution in [3.63, 3.8) is 0 Å². The van der Waals surface area contributed by atoms with Gasteiger partial charge in [0.2, 0.25) is 0 Å². The standard InChI is InChI=1S/C24H20N2/c1-19-12-16-23(17-13-19)26-24(21-10-6-3-7-11-21)18-22(25-26)15-14-20-8-4-2-5-9-20/h2-18H,1H3. The molecule has 0 unspecified atom stereocenters. The summed E-state index contributed by atoms with van der Waals surface area (Å²) in [6.45, 7) is 2.10. The van der Waals surface area contributed by atoms with Crippen LogP contribution in [-0.4, -0.2) is 9.78 Å². The third kappa shape index (κ3) is 3.50. The van der Waals surface area contributed by atoms with Crippen molar-refractivity contribution < 1.29 is 0 Å². The van der Waals surface area contributed by atoms with Gasteiger partial charge in [0.15, 0.2) is 0 Å². The predicted octanol–water partition coefficient (Wildman–Crippen LogP) is 6.02. The van der Waals surface area contributed by atoms with Crippen LogP contribution in [0.25, 0.3) is 29.1 Å². The first kappa shape index (κ1) is 16.1. The molecule has 4 rings (SSSR count). The molecule has 0 spiro atoms. The van der Waals surface area contributed by atoms with Crippen LogP contribution in [0.4, 0.5) is 0 Å². The molecule has 0 aliphatic rings. The molecular formula is C24H20N2. The number of aromatic nitrogens is 2. The van der Waals surface area contributed by atoms with E-state index in [4.69, 9.17) is 5.10 Å². The van der Waals surface area contributed by atoms with E-state index in [1.807, 2.05) is 28.9 Å². The highest BCUT2D eigenvalue weighted by atomic mass is 15.3. The van der Waals surface area contributed by atoms with Crippen LogP contribution in [0.2, 0.25) is 0 Å². The van der Waals surface area contributed by atoms with Crippen LogP contribution in [0.3, 0.4) is 0 Å². The summed E-state index contributed by atoms with van der Waals surface area (Å²) in [6.07, 6.45) is 4.16. The Kier molecular flexibility index (Phi) is 4.48. The number of aryl methyl sites for hydroxylation is 1. The first-order valence-electron chi connectivity index (χ1n) is 8.75. The Bertz CT molecular complexity index is 1010. The second-order valence-electron chi connectivity index (χ2n) is 6.31. The second-order valence-corrected chi connectivity index (χ2v) is 6.31. The molecule has 0 atom stereocenters. The average molecular weight is 336 g/mol. The lowest BCUT2D eigenvalue weighted by atomic mass is 10.1. The maximum absolute atomic E-state index is 4.83. The van der Waals surface area contributed by atoms with Crippen molar-refractivity contribution >= 4 is 12.2 Å². The normalized spacial score (nSPS) is 11.1. The van der Waals surface area contributed by atoms with Gasteiger partial charge in [-0.2, -0.15) is 5.10 Å². The first-order chi connectivity index (χ1) is 12.8. The molecule has 1 aromatic heterocycles. The number of nitrogens with zero attached hydrogens (tertiary/aromatic N) is 2. The molecule has 126 valence electrons. The Morgan fingerprint density at radius 3 is 2.08 bits per heavy atom. The maximum atomic E-state index is 4.83. The van der Waals surface area contributed by atoms with Gasteiger partial charge in [0, 0.05) is 5.56 Å². The molecule has 0 bridgehead atoms. The molecular weight excluding hydrogens is 316 g/mol. The van der Waals surface area contributed by atoms with E-state index in [1.165, 1.54) is 11.1 Å². The summed E-state index contributed by atoms with van der Waals surface area (Å²) >= 11 is 0. The van der Waals surface area contributed by atoms with E-state index in [0.29, 0.717) is 0 Å². The van der Waals surface area contributed by atoms with Crippen LogP contribution >= 0.6 is 0 Å². The fourth-order valence-electron chi connectivity index (χ4n) is 2.92. The third-order valence-electron chi connectivity index (χ3n) is 4.32. The van der Waals surface area contributed by atoms with Crippen LogP contribution in [-0.2, 0) is 0 Å². The molecule has 0 amide bonds. The molecule has 0 fully saturated rings. The fourth-order valence-corrected chi connectivity index (χ4v) is 2.92. The van der Waals surface area contributed by atoms with Crippen LogP contribution in [0, 0.1) is 6.92 Å². The summed E-state index contributed by atoms with van der Waals surface area (Å²) in [5.74, 6) is 0. The molecule has 0 saturated carbocycles. The minimum absolute atomic E-state index is 0.938. The zero-order valence-electron chi connectivity index (χ0n) is 14.7. The predicted molar refractivity (Wildman–Crippen MR) is 109 cm³/mol. The van der Waals surface area contributed by atoms with Crippen molar-refractivity contribution in [2.75, 3.05) is 0 Å². The molecule has 2 heteroatoms. The number of benzene rings is 3. The third-order valence-corrected chi connectivity index (χ3v) is 4.32. The molecule has 1 heterocycles. The largest absolute Gasteiger partial charge is 0.233 e. The lowest BCUT2D eigenvalue weighted by molar-refractivity contribution is 0.882. The molecule has 4 aromatic rings. The fraction of sp³-hybridized carbons (Fsp3) is 0.0417. The highest BCUT2D eigenvalue weighted by Crippen LogP contribution is 2.25. The molecule has 3 aromatic carbocycles. The van der Waals surface area contributed by atoms with Gasteiger partial charge in [-0.15, -0.1) is 0 Å². The van der Waals surface area contributed by atoms with E-state index >= 15 is 0 Å². The summed E-state index contributed by atoms with van der Waals surface area (Å²) in [7, 11) is 0. The van der Waals surface area contributed by atoms with Gasteiger partial charge in [-0.25, -0.2) is 4.68 Å². The summed E-state index contributed by atoms with van der Waals surface area (Å²) < 4.78 is 2.01. The SMILES string of the molecule is Cc1ccc(-n2nc(C=Cc3ccccc3)cc2-c2ccccc2)cc1. The van der Waals surface area contributed by atoms with Crippen molar-refractivity contribution in [2.24, 2.45) is 0 Å². The first-order valence-corrected chi connectivity index (χ1v) is 8.75. The molecule has 26 heavy (non-hydrogen) atoms. The molecule has 0 N–H and O–H groups in total. The van der Waals surface area contributed by atoms with Crippen molar-refractivity contribution in [1.29, 1.82) is 0 Å². The molecule has 0 aliphatic carbocycles. The Labute approximate surface area is 154 Å². The lowest BCUT2D eigenvalue weighted by Crippen LogP contribution is -1.99. The Balaban J connectivity index is 1.77. The number of hydrogen-bond donors (Lipinski definition) is 0. The van der Waals surface area contributed by atoms with Gasteiger partial charge >= 0.3 is 0 Å². The molecule has 0 radical (unpaired) electrons. The van der Waals surface area contributed by atoms with E-state index in [9.17, 15) is 0 Å². The van der Waals surface area contributed by atoms with Crippen molar-refractivity contribution in [3.05, 3.63) is 108 Å². The minimum atomic E-state index is 0.938. The van der Waals surface area contributed by atoms with Gasteiger partial charge in [0.05, 0.1) is 17.1 Å². The van der Waals surface area contributed by atoms with Gasteiger partial charge in [0.25, 0.3) is 0 Å². The lowest BCUT2D eigenvalue weighted by Gasteiger charge is -2.07. The van der Waals surface area contributed by atoms with Gasteiger partial charge in [-0.1, -0.05) is 84.4 Å². The summed E-state index contributed by atoms with van der Waals surface area (Å²) in [5, 5.41) is 4.83. The summed E-state index contributed by atoms with van der Waals surface area (Å²) in [4.78, 5) is 0. The number of hydrogen-bond acceptors (Lipinski definition) is 1. The van der Waals surface area contributed by atoms with Crippen LogP contribution in [0.1, 0.15) is 16.8 Å². The van der Waals surface area contributed by atoms with Crippen molar-refractivity contribution in [3.8, 4) is 16.9 Å². The van der Waals surface area contributed by atoms with Crippen LogP contribution < -0.4 is 0 Å². The van der Waals surface area contributed by atoms with Crippen LogP contribution in [0.5, 0.6) is 0 Å². The zero-order chi connectivity index (χ0) is 17.8. The Hall–Kier alpha value is -3.39. The smallest absolute Gasteiger partial charge is 0.0862 e.